The van der Waals surface area contributed by atoms with Crippen molar-refractivity contribution in [2.75, 3.05) is 14.2 Å². The molecule has 0 heterocycles. The van der Waals surface area contributed by atoms with Gasteiger partial charge in [-0.2, -0.15) is 0 Å². The van der Waals surface area contributed by atoms with Crippen LogP contribution in [0, 0.1) is 0 Å². The molecule has 0 saturated carbocycles. The first-order valence-corrected chi connectivity index (χ1v) is 11.9. The topological polar surface area (TPSA) is 44.8 Å². The highest BCUT2D eigenvalue weighted by atomic mass is 28.4. The highest BCUT2D eigenvalue weighted by molar-refractivity contribution is 6.69. The molecule has 2 rings (SSSR count). The highest BCUT2D eigenvalue weighted by Gasteiger charge is 2.37. The summed E-state index contributed by atoms with van der Waals surface area (Å²) in [5.41, 5.74) is 2.78. The van der Waals surface area contributed by atoms with E-state index in [4.69, 9.17) is 13.9 Å². The Labute approximate surface area is 145 Å². The Bertz CT molecular complexity index is 643. The van der Waals surface area contributed by atoms with E-state index >= 15 is 0 Å². The van der Waals surface area contributed by atoms with Gasteiger partial charge in [-0.1, -0.05) is 25.5 Å². The zero-order valence-electron chi connectivity index (χ0n) is 15.6. The fourth-order valence-corrected chi connectivity index (χ4v) is 4.28. The average Bonchev–Trinajstić information content (AvgIpc) is 2.80. The van der Waals surface area contributed by atoms with Gasteiger partial charge in [0.1, 0.15) is 0 Å². The number of ether oxygens (including phenoxy) is 2. The summed E-state index contributed by atoms with van der Waals surface area (Å²) < 4.78 is 17.4. The van der Waals surface area contributed by atoms with Crippen molar-refractivity contribution < 1.29 is 18.7 Å². The third kappa shape index (κ3) is 3.90. The van der Waals surface area contributed by atoms with Crippen molar-refractivity contribution in [3.8, 4) is 11.5 Å². The van der Waals surface area contributed by atoms with Crippen LogP contribution in [0.15, 0.2) is 23.8 Å². The van der Waals surface area contributed by atoms with Crippen LogP contribution in [0.25, 0.3) is 5.57 Å². The van der Waals surface area contributed by atoms with Crippen LogP contribution in [-0.4, -0.2) is 34.4 Å². The molecule has 0 saturated heterocycles. The Balaban J connectivity index is 2.61. The first-order chi connectivity index (χ1) is 11.3. The predicted octanol–water partition coefficient (Wildman–Crippen LogP) is 4.45. The maximum Gasteiger partial charge on any atom is 0.184 e. The molecular weight excluding hydrogens is 320 g/mol. The molecule has 5 heteroatoms. The van der Waals surface area contributed by atoms with Crippen LogP contribution < -0.4 is 9.47 Å². The van der Waals surface area contributed by atoms with Crippen LogP contribution in [0.1, 0.15) is 31.7 Å². The smallest absolute Gasteiger partial charge is 0.184 e. The summed E-state index contributed by atoms with van der Waals surface area (Å²) in [5.74, 6) is 1.53. The molecule has 0 bridgehead atoms. The number of benzene rings is 1. The summed E-state index contributed by atoms with van der Waals surface area (Å²) in [6.45, 7) is 8.54. The lowest BCUT2D eigenvalue weighted by Gasteiger charge is -2.26. The molecule has 0 spiro atoms. The molecule has 0 aliphatic heterocycles. The van der Waals surface area contributed by atoms with E-state index in [1.54, 1.807) is 14.2 Å². The number of allylic oxidation sites excluding steroid dienone is 1. The third-order valence-electron chi connectivity index (χ3n) is 4.04. The van der Waals surface area contributed by atoms with Crippen LogP contribution in [0.3, 0.4) is 0 Å². The van der Waals surface area contributed by atoms with E-state index in [1.165, 1.54) is 0 Å². The molecule has 0 radical (unpaired) electrons. The van der Waals surface area contributed by atoms with Crippen LogP contribution in [0.4, 0.5) is 0 Å². The Morgan fingerprint density at radius 2 is 1.88 bits per heavy atom. The number of para-hydroxylation sites is 1. The second-order valence-corrected chi connectivity index (χ2v) is 11.5. The Morgan fingerprint density at radius 3 is 2.42 bits per heavy atom. The van der Waals surface area contributed by atoms with Crippen molar-refractivity contribution in [3.63, 3.8) is 0 Å². The van der Waals surface area contributed by atoms with Crippen molar-refractivity contribution >= 4 is 19.7 Å². The maximum absolute atomic E-state index is 12.6. The number of rotatable bonds is 7. The quantitative estimate of drug-likeness (QED) is 0.683. The van der Waals surface area contributed by atoms with E-state index in [0.717, 1.165) is 29.6 Å². The molecule has 4 nitrogen and oxygen atoms in total. The molecule has 0 aromatic heterocycles. The van der Waals surface area contributed by atoms with Crippen molar-refractivity contribution in [1.29, 1.82) is 0 Å². The number of carbonyl (C=O) groups excluding carboxylic acids is 1. The minimum atomic E-state index is -1.79. The minimum Gasteiger partial charge on any atom is -0.493 e. The zero-order chi connectivity index (χ0) is 17.9. The molecule has 1 aromatic carbocycles. The van der Waals surface area contributed by atoms with E-state index in [1.807, 2.05) is 18.2 Å². The summed E-state index contributed by atoms with van der Waals surface area (Å²) in [6, 6.07) is 5.79. The van der Waals surface area contributed by atoms with Crippen molar-refractivity contribution in [3.05, 3.63) is 29.3 Å². The summed E-state index contributed by atoms with van der Waals surface area (Å²) in [5, 5.41) is 0. The third-order valence-corrected chi connectivity index (χ3v) is 5.04. The standard InChI is InChI=1S/C19H28O4Si/c1-7-9-13-15(20)12-17(23-24(4,5)6)18(13)14-10-8-11-16(21-2)19(14)22-3/h8,10-11,17H,7,9,12H2,1-6H3. The van der Waals surface area contributed by atoms with Crippen LogP contribution >= 0.6 is 0 Å². The maximum atomic E-state index is 12.6. The fourth-order valence-electron chi connectivity index (χ4n) is 3.22. The monoisotopic (exact) mass is 348 g/mol. The van der Waals surface area contributed by atoms with Crippen LogP contribution in [0.5, 0.6) is 11.5 Å². The number of hydrogen-bond acceptors (Lipinski definition) is 4. The van der Waals surface area contributed by atoms with Gasteiger partial charge in [-0.25, -0.2) is 0 Å². The molecular formula is C19H28O4Si. The minimum absolute atomic E-state index is 0.188. The SMILES string of the molecule is CCCC1=C(c2cccc(OC)c2OC)C(O[Si](C)(C)C)CC1=O. The van der Waals surface area contributed by atoms with Gasteiger partial charge < -0.3 is 13.9 Å². The predicted molar refractivity (Wildman–Crippen MR) is 99.2 cm³/mol. The highest BCUT2D eigenvalue weighted by Crippen LogP contribution is 2.44. The van der Waals surface area contributed by atoms with Gasteiger partial charge in [-0.3, -0.25) is 4.79 Å². The van der Waals surface area contributed by atoms with Crippen LogP contribution in [-0.2, 0) is 9.22 Å². The second kappa shape index (κ2) is 7.53. The Morgan fingerprint density at radius 1 is 1.17 bits per heavy atom. The van der Waals surface area contributed by atoms with Crippen LogP contribution in [0.2, 0.25) is 19.6 Å². The van der Waals surface area contributed by atoms with Gasteiger partial charge >= 0.3 is 0 Å². The molecule has 1 atom stereocenters. The van der Waals surface area contributed by atoms with Gasteiger partial charge in [0.05, 0.1) is 20.3 Å². The molecule has 0 fully saturated rings. The largest absolute Gasteiger partial charge is 0.493 e. The molecule has 132 valence electrons. The molecule has 1 unspecified atom stereocenters. The molecule has 1 aliphatic rings. The molecule has 0 amide bonds. The number of carbonyl (C=O) groups is 1. The normalized spacial score (nSPS) is 18.2. The van der Waals surface area contributed by atoms with E-state index in [2.05, 4.69) is 26.6 Å². The average molecular weight is 349 g/mol. The molecule has 1 aromatic rings. The Kier molecular flexibility index (Phi) is 5.88. The fraction of sp³-hybridized carbons (Fsp3) is 0.526. The number of ketones is 1. The number of hydrogen-bond donors (Lipinski definition) is 0. The lowest BCUT2D eigenvalue weighted by atomic mass is 9.97. The van der Waals surface area contributed by atoms with E-state index in [-0.39, 0.29) is 11.9 Å². The van der Waals surface area contributed by atoms with Gasteiger partial charge in [0, 0.05) is 17.6 Å². The van der Waals surface area contributed by atoms with E-state index < -0.39 is 8.32 Å². The Hall–Kier alpha value is -1.59. The van der Waals surface area contributed by atoms with Gasteiger partial charge in [0.15, 0.2) is 25.6 Å². The summed E-state index contributed by atoms with van der Waals surface area (Å²) >= 11 is 0. The summed E-state index contributed by atoms with van der Waals surface area (Å²) in [4.78, 5) is 12.6. The number of Topliss-reactive ketones (excluding diaryl/α,β-unsaturated/α-hetero) is 1. The second-order valence-electron chi connectivity index (χ2n) is 7.03. The summed E-state index contributed by atoms with van der Waals surface area (Å²) in [6.07, 6.45) is 1.93. The molecule has 24 heavy (non-hydrogen) atoms. The summed E-state index contributed by atoms with van der Waals surface area (Å²) in [7, 11) is 1.47. The van der Waals surface area contributed by atoms with Gasteiger partial charge in [-0.15, -0.1) is 0 Å². The lowest BCUT2D eigenvalue weighted by molar-refractivity contribution is -0.115. The van der Waals surface area contributed by atoms with Crippen molar-refractivity contribution in [2.24, 2.45) is 0 Å². The lowest BCUT2D eigenvalue weighted by Crippen LogP contribution is -2.32. The van der Waals surface area contributed by atoms with E-state index in [0.29, 0.717) is 17.9 Å². The van der Waals surface area contributed by atoms with Gasteiger partial charge in [0.2, 0.25) is 0 Å². The zero-order valence-corrected chi connectivity index (χ0v) is 16.6. The van der Waals surface area contributed by atoms with Crippen molar-refractivity contribution in [1.82, 2.24) is 0 Å². The molecule has 0 N–H and O–H groups in total. The van der Waals surface area contributed by atoms with Crippen molar-refractivity contribution in [2.45, 2.75) is 51.9 Å². The number of methoxy groups -OCH3 is 2. The van der Waals surface area contributed by atoms with E-state index in [9.17, 15) is 4.79 Å². The van der Waals surface area contributed by atoms with Gasteiger partial charge in [-0.05, 0) is 37.7 Å². The first kappa shape index (κ1) is 18.7. The first-order valence-electron chi connectivity index (χ1n) is 8.47. The van der Waals surface area contributed by atoms with Gasteiger partial charge in [0.25, 0.3) is 0 Å². The molecule has 1 aliphatic carbocycles.